The lowest BCUT2D eigenvalue weighted by molar-refractivity contribution is 0.0173. The van der Waals surface area contributed by atoms with E-state index in [1.807, 2.05) is 0 Å². The van der Waals surface area contributed by atoms with E-state index in [4.69, 9.17) is 9.72 Å². The highest BCUT2D eigenvalue weighted by molar-refractivity contribution is 7.19. The summed E-state index contributed by atoms with van der Waals surface area (Å²) < 4.78 is 5.62. The van der Waals surface area contributed by atoms with Gasteiger partial charge in [0.2, 0.25) is 0 Å². The van der Waals surface area contributed by atoms with Gasteiger partial charge < -0.3 is 9.72 Å². The molecule has 0 spiro atoms. The number of fused-ring (bicyclic) bond motifs is 1. The number of nitrogens with zero attached hydrogens (tertiary/aromatic N) is 1. The molecule has 1 aliphatic heterocycles. The Kier molecular flexibility index (Phi) is 4.21. The first-order valence-corrected chi connectivity index (χ1v) is 9.56. The van der Waals surface area contributed by atoms with Crippen molar-refractivity contribution < 1.29 is 4.74 Å². The molecule has 5 heteroatoms. The summed E-state index contributed by atoms with van der Waals surface area (Å²) in [4.78, 5) is 22.7. The fraction of sp³-hybridized carbons (Fsp3) is 0.400. The van der Waals surface area contributed by atoms with Crippen LogP contribution in [0.15, 0.2) is 29.1 Å². The van der Waals surface area contributed by atoms with Gasteiger partial charge in [-0.3, -0.25) is 4.79 Å². The minimum atomic E-state index is -0.0286. The molecule has 2 atom stereocenters. The van der Waals surface area contributed by atoms with Crippen molar-refractivity contribution in [2.45, 2.75) is 45.6 Å². The summed E-state index contributed by atoms with van der Waals surface area (Å²) in [5, 5.41) is 0.718. The van der Waals surface area contributed by atoms with E-state index in [1.54, 1.807) is 11.3 Å². The summed E-state index contributed by atoms with van der Waals surface area (Å²) >= 11 is 1.61. The number of hydrogen-bond donors (Lipinski definition) is 1. The van der Waals surface area contributed by atoms with Crippen molar-refractivity contribution >= 4 is 21.6 Å². The zero-order valence-corrected chi connectivity index (χ0v) is 15.6. The van der Waals surface area contributed by atoms with Gasteiger partial charge in [0.05, 0.1) is 11.5 Å². The average Bonchev–Trinajstić information content (AvgIpc) is 2.92. The SMILES string of the molecule is Cc1ccc(-c2c(C)sc3nc([C@H]4CCO[C@H](C)C4)[nH]c(=O)c23)cc1. The van der Waals surface area contributed by atoms with Crippen LogP contribution in [0.5, 0.6) is 0 Å². The molecule has 3 heterocycles. The number of H-pyrrole nitrogens is 1. The van der Waals surface area contributed by atoms with E-state index < -0.39 is 0 Å². The number of ether oxygens (including phenoxy) is 1. The molecule has 1 aromatic carbocycles. The number of benzene rings is 1. The van der Waals surface area contributed by atoms with Gasteiger partial charge in [0, 0.05) is 23.0 Å². The Hall–Kier alpha value is -1.98. The second kappa shape index (κ2) is 6.39. The van der Waals surface area contributed by atoms with E-state index in [-0.39, 0.29) is 17.6 Å². The minimum Gasteiger partial charge on any atom is -0.378 e. The molecule has 1 N–H and O–H groups in total. The van der Waals surface area contributed by atoms with E-state index >= 15 is 0 Å². The molecule has 0 amide bonds. The molecule has 1 aliphatic rings. The Morgan fingerprint density at radius 3 is 2.72 bits per heavy atom. The van der Waals surface area contributed by atoms with Crippen LogP contribution in [0.4, 0.5) is 0 Å². The second-order valence-corrected chi connectivity index (χ2v) is 8.14. The Labute approximate surface area is 150 Å². The molecule has 1 fully saturated rings. The van der Waals surface area contributed by atoms with Crippen LogP contribution in [-0.4, -0.2) is 22.7 Å². The van der Waals surface area contributed by atoms with Gasteiger partial charge in [-0.1, -0.05) is 29.8 Å². The predicted octanol–water partition coefficient (Wildman–Crippen LogP) is 4.55. The number of nitrogens with one attached hydrogen (secondary N) is 1. The van der Waals surface area contributed by atoms with Crippen LogP contribution in [0.25, 0.3) is 21.3 Å². The molecule has 4 rings (SSSR count). The molecule has 0 aliphatic carbocycles. The molecular weight excluding hydrogens is 332 g/mol. The molecule has 0 radical (unpaired) electrons. The highest BCUT2D eigenvalue weighted by atomic mass is 32.1. The third kappa shape index (κ3) is 3.02. The van der Waals surface area contributed by atoms with Crippen molar-refractivity contribution in [1.82, 2.24) is 9.97 Å². The van der Waals surface area contributed by atoms with Crippen molar-refractivity contribution in [2.24, 2.45) is 0 Å². The normalized spacial score (nSPS) is 20.9. The maximum absolute atomic E-state index is 12.9. The highest BCUT2D eigenvalue weighted by Crippen LogP contribution is 2.36. The van der Waals surface area contributed by atoms with Gasteiger partial charge >= 0.3 is 0 Å². The predicted molar refractivity (Wildman–Crippen MR) is 103 cm³/mol. The van der Waals surface area contributed by atoms with Gasteiger partial charge in [0.1, 0.15) is 10.7 Å². The third-order valence-electron chi connectivity index (χ3n) is 4.97. The van der Waals surface area contributed by atoms with Gasteiger partial charge in [-0.15, -0.1) is 11.3 Å². The van der Waals surface area contributed by atoms with Crippen molar-refractivity contribution in [3.63, 3.8) is 0 Å². The molecule has 130 valence electrons. The lowest BCUT2D eigenvalue weighted by Gasteiger charge is -2.26. The third-order valence-corrected chi connectivity index (χ3v) is 5.97. The van der Waals surface area contributed by atoms with E-state index in [2.05, 4.69) is 50.0 Å². The van der Waals surface area contributed by atoms with E-state index in [0.29, 0.717) is 0 Å². The smallest absolute Gasteiger partial charge is 0.260 e. The van der Waals surface area contributed by atoms with Crippen molar-refractivity contribution in [1.29, 1.82) is 0 Å². The van der Waals surface area contributed by atoms with Crippen LogP contribution in [-0.2, 0) is 4.74 Å². The number of aromatic amines is 1. The van der Waals surface area contributed by atoms with E-state index in [0.717, 1.165) is 51.5 Å². The molecule has 0 bridgehead atoms. The fourth-order valence-corrected chi connectivity index (χ4v) is 4.70. The zero-order valence-electron chi connectivity index (χ0n) is 14.8. The quantitative estimate of drug-likeness (QED) is 0.734. The number of thiophene rings is 1. The van der Waals surface area contributed by atoms with Crippen molar-refractivity contribution in [3.05, 3.63) is 50.9 Å². The minimum absolute atomic E-state index is 0.0286. The fourth-order valence-electron chi connectivity index (χ4n) is 3.64. The monoisotopic (exact) mass is 354 g/mol. The average molecular weight is 354 g/mol. The summed E-state index contributed by atoms with van der Waals surface area (Å²) in [6.45, 7) is 6.94. The highest BCUT2D eigenvalue weighted by Gasteiger charge is 2.25. The van der Waals surface area contributed by atoms with Crippen LogP contribution in [0, 0.1) is 13.8 Å². The van der Waals surface area contributed by atoms with Crippen LogP contribution in [0.1, 0.15) is 41.9 Å². The summed E-state index contributed by atoms with van der Waals surface area (Å²) in [5.41, 5.74) is 3.28. The van der Waals surface area contributed by atoms with Gasteiger partial charge in [0.15, 0.2) is 0 Å². The van der Waals surface area contributed by atoms with Crippen LogP contribution >= 0.6 is 11.3 Å². The molecule has 25 heavy (non-hydrogen) atoms. The molecule has 1 saturated heterocycles. The summed E-state index contributed by atoms with van der Waals surface area (Å²) in [6, 6.07) is 8.32. The summed E-state index contributed by atoms with van der Waals surface area (Å²) in [6.07, 6.45) is 2.03. The van der Waals surface area contributed by atoms with Gasteiger partial charge in [0.25, 0.3) is 5.56 Å². The van der Waals surface area contributed by atoms with Crippen LogP contribution in [0.3, 0.4) is 0 Å². The van der Waals surface area contributed by atoms with Crippen molar-refractivity contribution in [3.8, 4) is 11.1 Å². The number of hydrogen-bond acceptors (Lipinski definition) is 4. The number of aromatic nitrogens is 2. The first-order valence-electron chi connectivity index (χ1n) is 8.75. The number of aryl methyl sites for hydroxylation is 2. The van der Waals surface area contributed by atoms with Crippen LogP contribution in [0.2, 0.25) is 0 Å². The standard InChI is InChI=1S/C20H22N2O2S/c1-11-4-6-14(7-5-11)16-13(3)25-20-17(16)19(23)21-18(22-20)15-8-9-24-12(2)10-15/h4-7,12,15H,8-10H2,1-3H3,(H,21,22,23)/t12-,15+/m1/s1. The molecule has 3 aromatic rings. The second-order valence-electron chi connectivity index (χ2n) is 6.93. The molecule has 4 nitrogen and oxygen atoms in total. The molecule has 0 unspecified atom stereocenters. The van der Waals surface area contributed by atoms with Gasteiger partial charge in [-0.2, -0.15) is 0 Å². The van der Waals surface area contributed by atoms with E-state index in [1.165, 1.54) is 5.56 Å². The zero-order chi connectivity index (χ0) is 17.6. The topological polar surface area (TPSA) is 55.0 Å². The Balaban J connectivity index is 1.84. The Morgan fingerprint density at radius 2 is 2.00 bits per heavy atom. The largest absolute Gasteiger partial charge is 0.378 e. The van der Waals surface area contributed by atoms with E-state index in [9.17, 15) is 4.79 Å². The number of rotatable bonds is 2. The molecule has 0 saturated carbocycles. The van der Waals surface area contributed by atoms with Crippen LogP contribution < -0.4 is 5.56 Å². The van der Waals surface area contributed by atoms with Crippen molar-refractivity contribution in [2.75, 3.05) is 6.61 Å². The molecular formula is C20H22N2O2S. The Morgan fingerprint density at radius 1 is 1.24 bits per heavy atom. The van der Waals surface area contributed by atoms with Gasteiger partial charge in [-0.05, 0) is 39.2 Å². The lowest BCUT2D eigenvalue weighted by atomic mass is 9.95. The first-order chi connectivity index (χ1) is 12.0. The van der Waals surface area contributed by atoms with Gasteiger partial charge in [-0.25, -0.2) is 4.98 Å². The maximum Gasteiger partial charge on any atom is 0.260 e. The summed E-state index contributed by atoms with van der Waals surface area (Å²) in [7, 11) is 0. The Bertz CT molecular complexity index is 972. The lowest BCUT2D eigenvalue weighted by Crippen LogP contribution is -2.24. The first kappa shape index (κ1) is 16.5. The summed E-state index contributed by atoms with van der Waals surface area (Å²) in [5.74, 6) is 1.08. The maximum atomic E-state index is 12.9. The molecule has 2 aromatic heterocycles.